The summed E-state index contributed by atoms with van der Waals surface area (Å²) in [7, 11) is 0. The number of carboxylic acid groups (broad SMARTS) is 1. The van der Waals surface area contributed by atoms with E-state index in [1.54, 1.807) is 6.92 Å². The number of nitrogens with zero attached hydrogens (tertiary/aromatic N) is 3. The molecule has 3 rings (SSSR count). The Morgan fingerprint density at radius 1 is 1.38 bits per heavy atom. The summed E-state index contributed by atoms with van der Waals surface area (Å²) in [5.41, 5.74) is 0.900. The minimum Gasteiger partial charge on any atom is -0.481 e. The standard InChI is InChI=1S/C15H17N3O3/c1-10(15(19)20)12-7-18(8-12)9-13-16-17-14(21-13)11-5-3-2-4-6-11/h2-6,10,12H,7-9H2,1H3,(H,19,20). The minimum absolute atomic E-state index is 0.207. The van der Waals surface area contributed by atoms with Gasteiger partial charge in [0.15, 0.2) is 0 Å². The van der Waals surface area contributed by atoms with Crippen LogP contribution in [0.1, 0.15) is 12.8 Å². The van der Waals surface area contributed by atoms with Gasteiger partial charge in [-0.3, -0.25) is 9.69 Å². The van der Waals surface area contributed by atoms with E-state index < -0.39 is 5.97 Å². The highest BCUT2D eigenvalue weighted by atomic mass is 16.4. The van der Waals surface area contributed by atoms with Crippen LogP contribution in [-0.4, -0.2) is 39.3 Å². The van der Waals surface area contributed by atoms with E-state index >= 15 is 0 Å². The Bertz CT molecular complexity index is 620. The van der Waals surface area contributed by atoms with Crippen LogP contribution in [0.3, 0.4) is 0 Å². The first-order valence-corrected chi connectivity index (χ1v) is 6.96. The summed E-state index contributed by atoms with van der Waals surface area (Å²) in [6, 6.07) is 9.63. The minimum atomic E-state index is -0.733. The Balaban J connectivity index is 1.56. The molecule has 1 atom stereocenters. The maximum absolute atomic E-state index is 10.9. The number of hydrogen-bond acceptors (Lipinski definition) is 5. The normalized spacial score (nSPS) is 17.4. The zero-order valence-corrected chi connectivity index (χ0v) is 11.8. The number of carbonyl (C=O) groups is 1. The molecule has 1 aromatic carbocycles. The topological polar surface area (TPSA) is 79.5 Å². The van der Waals surface area contributed by atoms with Gasteiger partial charge in [-0.05, 0) is 18.1 Å². The summed E-state index contributed by atoms with van der Waals surface area (Å²) in [6.45, 7) is 3.85. The van der Waals surface area contributed by atoms with Crippen LogP contribution in [0, 0.1) is 11.8 Å². The van der Waals surface area contributed by atoms with Gasteiger partial charge in [0.2, 0.25) is 11.8 Å². The third-order valence-electron chi connectivity index (χ3n) is 3.93. The third kappa shape index (κ3) is 2.95. The third-order valence-corrected chi connectivity index (χ3v) is 3.93. The van der Waals surface area contributed by atoms with Crippen molar-refractivity contribution in [2.24, 2.45) is 11.8 Å². The smallest absolute Gasteiger partial charge is 0.306 e. The number of aromatic nitrogens is 2. The van der Waals surface area contributed by atoms with Crippen LogP contribution in [0.2, 0.25) is 0 Å². The van der Waals surface area contributed by atoms with Crippen molar-refractivity contribution in [2.75, 3.05) is 13.1 Å². The molecular formula is C15H17N3O3. The molecule has 2 aromatic rings. The van der Waals surface area contributed by atoms with Crippen LogP contribution < -0.4 is 0 Å². The first-order chi connectivity index (χ1) is 10.1. The Hall–Kier alpha value is -2.21. The van der Waals surface area contributed by atoms with Crippen molar-refractivity contribution in [3.05, 3.63) is 36.2 Å². The molecular weight excluding hydrogens is 270 g/mol. The number of likely N-dealkylation sites (tertiary alicyclic amines) is 1. The Morgan fingerprint density at radius 3 is 2.76 bits per heavy atom. The summed E-state index contributed by atoms with van der Waals surface area (Å²) >= 11 is 0. The molecule has 1 aromatic heterocycles. The molecule has 1 aliphatic rings. The molecule has 0 saturated carbocycles. The first-order valence-electron chi connectivity index (χ1n) is 6.96. The molecule has 2 heterocycles. The fraction of sp³-hybridized carbons (Fsp3) is 0.400. The molecule has 21 heavy (non-hydrogen) atoms. The van der Waals surface area contributed by atoms with Crippen molar-refractivity contribution in [1.82, 2.24) is 15.1 Å². The highest BCUT2D eigenvalue weighted by Crippen LogP contribution is 2.26. The van der Waals surface area contributed by atoms with Gasteiger partial charge in [-0.25, -0.2) is 0 Å². The Labute approximate surface area is 122 Å². The van der Waals surface area contributed by atoms with E-state index in [-0.39, 0.29) is 11.8 Å². The lowest BCUT2D eigenvalue weighted by Crippen LogP contribution is -2.50. The SMILES string of the molecule is CC(C(=O)O)C1CN(Cc2nnc(-c3ccccc3)o2)C1. The van der Waals surface area contributed by atoms with Crippen molar-refractivity contribution < 1.29 is 14.3 Å². The number of hydrogen-bond donors (Lipinski definition) is 1. The number of rotatable bonds is 5. The zero-order valence-electron chi connectivity index (χ0n) is 11.8. The monoisotopic (exact) mass is 287 g/mol. The summed E-state index contributed by atoms with van der Waals surface area (Å²) in [5, 5.41) is 17.1. The first kappa shape index (κ1) is 13.8. The number of carboxylic acids is 1. The van der Waals surface area contributed by atoms with E-state index in [4.69, 9.17) is 9.52 Å². The van der Waals surface area contributed by atoms with Crippen molar-refractivity contribution in [3.8, 4) is 11.5 Å². The summed E-state index contributed by atoms with van der Waals surface area (Å²) < 4.78 is 5.64. The Kier molecular flexibility index (Phi) is 3.70. The largest absolute Gasteiger partial charge is 0.481 e. The van der Waals surface area contributed by atoms with Gasteiger partial charge in [0.05, 0.1) is 12.5 Å². The molecule has 1 unspecified atom stereocenters. The quantitative estimate of drug-likeness (QED) is 0.904. The fourth-order valence-electron chi connectivity index (χ4n) is 2.46. The lowest BCUT2D eigenvalue weighted by molar-refractivity contribution is -0.145. The van der Waals surface area contributed by atoms with Gasteiger partial charge in [-0.15, -0.1) is 10.2 Å². The van der Waals surface area contributed by atoms with Gasteiger partial charge in [-0.1, -0.05) is 25.1 Å². The second-order valence-electron chi connectivity index (χ2n) is 5.45. The number of benzene rings is 1. The molecule has 1 N–H and O–H groups in total. The molecule has 1 fully saturated rings. The molecule has 0 radical (unpaired) electrons. The van der Waals surface area contributed by atoms with E-state index in [1.165, 1.54) is 0 Å². The van der Waals surface area contributed by atoms with Gasteiger partial charge in [0.1, 0.15) is 0 Å². The zero-order chi connectivity index (χ0) is 14.8. The lowest BCUT2D eigenvalue weighted by atomic mass is 9.87. The van der Waals surface area contributed by atoms with Crippen molar-refractivity contribution in [2.45, 2.75) is 13.5 Å². The predicted molar refractivity (Wildman–Crippen MR) is 75.3 cm³/mol. The van der Waals surface area contributed by atoms with E-state index in [0.29, 0.717) is 18.3 Å². The van der Waals surface area contributed by atoms with Gasteiger partial charge < -0.3 is 9.52 Å². The van der Waals surface area contributed by atoms with Gasteiger partial charge in [0, 0.05) is 18.7 Å². The van der Waals surface area contributed by atoms with Crippen LogP contribution in [0.4, 0.5) is 0 Å². The lowest BCUT2D eigenvalue weighted by Gasteiger charge is -2.40. The maximum Gasteiger partial charge on any atom is 0.306 e. The van der Waals surface area contributed by atoms with Gasteiger partial charge in [0.25, 0.3) is 0 Å². The highest BCUT2D eigenvalue weighted by molar-refractivity contribution is 5.70. The second kappa shape index (κ2) is 5.65. The van der Waals surface area contributed by atoms with E-state index in [1.807, 2.05) is 30.3 Å². The average molecular weight is 287 g/mol. The fourth-order valence-corrected chi connectivity index (χ4v) is 2.46. The van der Waals surface area contributed by atoms with Gasteiger partial charge >= 0.3 is 5.97 Å². The molecule has 0 bridgehead atoms. The molecule has 1 saturated heterocycles. The molecule has 0 amide bonds. The van der Waals surface area contributed by atoms with Crippen LogP contribution in [0.5, 0.6) is 0 Å². The summed E-state index contributed by atoms with van der Waals surface area (Å²) in [5.74, 6) is 0.253. The summed E-state index contributed by atoms with van der Waals surface area (Å²) in [6.07, 6.45) is 0. The maximum atomic E-state index is 10.9. The second-order valence-corrected chi connectivity index (χ2v) is 5.45. The predicted octanol–water partition coefficient (Wildman–Crippen LogP) is 1.89. The van der Waals surface area contributed by atoms with Crippen molar-refractivity contribution in [1.29, 1.82) is 0 Å². The van der Waals surface area contributed by atoms with Crippen molar-refractivity contribution in [3.63, 3.8) is 0 Å². The molecule has 0 aliphatic carbocycles. The molecule has 6 heteroatoms. The van der Waals surface area contributed by atoms with Crippen LogP contribution in [0.25, 0.3) is 11.5 Å². The van der Waals surface area contributed by atoms with E-state index in [0.717, 1.165) is 18.7 Å². The Morgan fingerprint density at radius 2 is 2.10 bits per heavy atom. The molecule has 1 aliphatic heterocycles. The van der Waals surface area contributed by atoms with Gasteiger partial charge in [-0.2, -0.15) is 0 Å². The highest BCUT2D eigenvalue weighted by Gasteiger charge is 2.35. The summed E-state index contributed by atoms with van der Waals surface area (Å²) in [4.78, 5) is 13.0. The number of aliphatic carboxylic acids is 1. The van der Waals surface area contributed by atoms with E-state index in [2.05, 4.69) is 15.1 Å². The van der Waals surface area contributed by atoms with Crippen LogP contribution >= 0.6 is 0 Å². The van der Waals surface area contributed by atoms with Crippen molar-refractivity contribution >= 4 is 5.97 Å². The van der Waals surface area contributed by atoms with Crippen LogP contribution in [-0.2, 0) is 11.3 Å². The molecule has 0 spiro atoms. The molecule has 6 nitrogen and oxygen atoms in total. The van der Waals surface area contributed by atoms with E-state index in [9.17, 15) is 4.79 Å². The van der Waals surface area contributed by atoms with Crippen LogP contribution in [0.15, 0.2) is 34.7 Å². The average Bonchev–Trinajstić information content (AvgIpc) is 2.91. The molecule has 110 valence electrons.